The number of nitrogens with one attached hydrogen (secondary N) is 2. The summed E-state index contributed by atoms with van der Waals surface area (Å²) in [7, 11) is 0. The summed E-state index contributed by atoms with van der Waals surface area (Å²) in [6.45, 7) is 6.49. The molecule has 0 bridgehead atoms. The van der Waals surface area contributed by atoms with Gasteiger partial charge in [-0.25, -0.2) is 20.3 Å². The smallest absolute Gasteiger partial charge is 0.216 e. The number of hydrogen-bond donors (Lipinski definition) is 4. The fourth-order valence-electron chi connectivity index (χ4n) is 1.84. The van der Waals surface area contributed by atoms with Crippen molar-refractivity contribution in [1.29, 1.82) is 0 Å². The first-order valence-electron chi connectivity index (χ1n) is 5.91. The molecule has 0 aliphatic carbocycles. The van der Waals surface area contributed by atoms with Gasteiger partial charge in [0.15, 0.2) is 11.6 Å². The number of nitrogens with two attached hydrogens (primary N) is 2. The monoisotopic (exact) mass is 281 g/mol. The summed E-state index contributed by atoms with van der Waals surface area (Å²) < 4.78 is 0. The van der Waals surface area contributed by atoms with E-state index in [2.05, 4.69) is 32.2 Å². The molecule has 2 unspecified atom stereocenters. The molecule has 2 rings (SSSR count). The maximum absolute atomic E-state index is 6.34. The van der Waals surface area contributed by atoms with Crippen LogP contribution in [0.15, 0.2) is 27.1 Å². The molecule has 0 saturated carbocycles. The predicted octanol–water partition coefficient (Wildman–Crippen LogP) is -0.428. The molecule has 0 aromatic heterocycles. The van der Waals surface area contributed by atoms with Crippen LogP contribution < -0.4 is 22.1 Å². The highest BCUT2D eigenvalue weighted by Gasteiger charge is 2.46. The van der Waals surface area contributed by atoms with Crippen molar-refractivity contribution in [1.82, 2.24) is 10.6 Å². The molecule has 19 heavy (non-hydrogen) atoms. The summed E-state index contributed by atoms with van der Waals surface area (Å²) in [5, 5.41) is 5.28. The number of fused-ring (bicyclic) bond motifs is 1. The third kappa shape index (κ3) is 2.93. The number of aliphatic imine (C=N–C) groups is 3. The van der Waals surface area contributed by atoms with Crippen molar-refractivity contribution >= 4 is 29.6 Å². The highest BCUT2D eigenvalue weighted by atomic mass is 32.2. The quantitative estimate of drug-likeness (QED) is 0.403. The largest absolute Gasteiger partial charge is 0.295 e. The Kier molecular flexibility index (Phi) is 3.88. The van der Waals surface area contributed by atoms with E-state index in [0.717, 1.165) is 12.0 Å². The molecule has 2 aliphatic heterocycles. The maximum atomic E-state index is 6.34. The molecule has 104 valence electrons. The lowest BCUT2D eigenvalue weighted by Gasteiger charge is -2.41. The Hall–Kier alpha value is -1.06. The van der Waals surface area contributed by atoms with Crippen LogP contribution in [0, 0.1) is 0 Å². The van der Waals surface area contributed by atoms with Gasteiger partial charge in [-0.1, -0.05) is 5.57 Å². The molecule has 0 saturated heterocycles. The summed E-state index contributed by atoms with van der Waals surface area (Å²) >= 11 is 1.35. The lowest BCUT2D eigenvalue weighted by Crippen LogP contribution is -2.78. The third-order valence-electron chi connectivity index (χ3n) is 2.87. The molecule has 2 heterocycles. The molecular formula is C11H19N7S. The van der Waals surface area contributed by atoms with Gasteiger partial charge in [-0.2, -0.15) is 0 Å². The van der Waals surface area contributed by atoms with Gasteiger partial charge in [-0.3, -0.25) is 16.8 Å². The first kappa shape index (κ1) is 14.4. The minimum absolute atomic E-state index is 0.473. The summed E-state index contributed by atoms with van der Waals surface area (Å²) in [6, 6.07) is 0. The topological polar surface area (TPSA) is 113 Å². The van der Waals surface area contributed by atoms with Crippen molar-refractivity contribution in [2.45, 2.75) is 24.3 Å². The van der Waals surface area contributed by atoms with Crippen LogP contribution in [0.5, 0.6) is 0 Å². The minimum atomic E-state index is -1.04. The van der Waals surface area contributed by atoms with Crippen LogP contribution in [0.25, 0.3) is 0 Å². The molecule has 0 radical (unpaired) electrons. The average molecular weight is 281 g/mol. The Morgan fingerprint density at radius 1 is 1.58 bits per heavy atom. The van der Waals surface area contributed by atoms with Crippen LogP contribution in [0.2, 0.25) is 0 Å². The minimum Gasteiger partial charge on any atom is -0.295 e. The molecule has 2 atom stereocenters. The van der Waals surface area contributed by atoms with Crippen molar-refractivity contribution in [2.24, 2.45) is 26.4 Å². The summed E-state index contributed by atoms with van der Waals surface area (Å²) in [6.07, 6.45) is 4.11. The van der Waals surface area contributed by atoms with Crippen LogP contribution >= 0.6 is 11.8 Å². The Balaban J connectivity index is 2.20. The fourth-order valence-corrected chi connectivity index (χ4v) is 2.29. The van der Waals surface area contributed by atoms with Gasteiger partial charge in [-0.15, -0.1) is 18.3 Å². The zero-order valence-corrected chi connectivity index (χ0v) is 11.9. The van der Waals surface area contributed by atoms with Gasteiger partial charge in [0.25, 0.3) is 0 Å². The number of rotatable bonds is 5. The second kappa shape index (κ2) is 5.14. The van der Waals surface area contributed by atoms with Gasteiger partial charge < -0.3 is 0 Å². The molecule has 0 aromatic rings. The van der Waals surface area contributed by atoms with E-state index in [1.807, 2.05) is 13.2 Å². The van der Waals surface area contributed by atoms with E-state index in [9.17, 15) is 0 Å². The fraction of sp³-hybridized carbons (Fsp3) is 0.545. The highest BCUT2D eigenvalue weighted by Crippen LogP contribution is 2.24. The third-order valence-corrected chi connectivity index (χ3v) is 3.68. The molecule has 0 amide bonds. The van der Waals surface area contributed by atoms with Crippen LogP contribution in [0.1, 0.15) is 13.3 Å². The summed E-state index contributed by atoms with van der Waals surface area (Å²) in [5.74, 6) is -0.568. The normalized spacial score (nSPS) is 32.8. The van der Waals surface area contributed by atoms with Gasteiger partial charge in [0.1, 0.15) is 12.1 Å². The number of thioether (sulfide) groups is 1. The first-order valence-corrected chi connectivity index (χ1v) is 7.14. The lowest BCUT2D eigenvalue weighted by atomic mass is 10.1. The zero-order valence-electron chi connectivity index (χ0n) is 11.1. The number of hydrogen-bond acceptors (Lipinski definition) is 8. The zero-order chi connectivity index (χ0) is 14.1. The van der Waals surface area contributed by atoms with Gasteiger partial charge in [0.2, 0.25) is 5.12 Å². The molecule has 2 aliphatic rings. The van der Waals surface area contributed by atoms with Crippen LogP contribution in [0.3, 0.4) is 0 Å². The molecule has 6 N–H and O–H groups in total. The van der Waals surface area contributed by atoms with E-state index < -0.39 is 10.9 Å². The molecule has 0 fully saturated rings. The van der Waals surface area contributed by atoms with E-state index in [1.165, 1.54) is 18.1 Å². The van der Waals surface area contributed by atoms with Crippen molar-refractivity contribution in [2.75, 3.05) is 12.8 Å². The lowest BCUT2D eigenvalue weighted by molar-refractivity contribution is 0.300. The Morgan fingerprint density at radius 3 is 2.95 bits per heavy atom. The standard InChI is InChI=1S/C11H19N7S/c1-7(2)4-5-16-10(12)8-9(15-6-14-8)17-11(13,18-10)19-3/h6,16,18H,1,4-5,12-13H2,2-3H3. The Bertz CT molecular complexity index is 483. The van der Waals surface area contributed by atoms with Crippen LogP contribution in [-0.4, -0.2) is 41.6 Å². The van der Waals surface area contributed by atoms with E-state index in [4.69, 9.17) is 11.5 Å². The van der Waals surface area contributed by atoms with Gasteiger partial charge >= 0.3 is 0 Å². The second-order valence-corrected chi connectivity index (χ2v) is 5.66. The number of amidine groups is 1. The van der Waals surface area contributed by atoms with Crippen molar-refractivity contribution in [3.63, 3.8) is 0 Å². The molecule has 8 heteroatoms. The molecule has 0 aromatic carbocycles. The maximum Gasteiger partial charge on any atom is 0.216 e. The van der Waals surface area contributed by atoms with Gasteiger partial charge in [-0.05, 0) is 19.6 Å². The van der Waals surface area contributed by atoms with E-state index in [1.54, 1.807) is 0 Å². The molecular weight excluding hydrogens is 262 g/mol. The summed E-state index contributed by atoms with van der Waals surface area (Å²) in [4.78, 5) is 12.6. The average Bonchev–Trinajstić information content (AvgIpc) is 2.77. The van der Waals surface area contributed by atoms with E-state index in [0.29, 0.717) is 18.1 Å². The highest BCUT2D eigenvalue weighted by molar-refractivity contribution is 7.99. The van der Waals surface area contributed by atoms with Gasteiger partial charge in [0.05, 0.1) is 0 Å². The van der Waals surface area contributed by atoms with Crippen molar-refractivity contribution < 1.29 is 0 Å². The Morgan fingerprint density at radius 2 is 2.32 bits per heavy atom. The second-order valence-electron chi connectivity index (χ2n) is 4.63. The van der Waals surface area contributed by atoms with Crippen LogP contribution in [-0.2, 0) is 0 Å². The van der Waals surface area contributed by atoms with E-state index >= 15 is 0 Å². The molecule has 0 spiro atoms. The Labute approximate surface area is 116 Å². The first-order chi connectivity index (χ1) is 8.88. The summed E-state index contributed by atoms with van der Waals surface area (Å²) in [5.41, 5.74) is 14.1. The number of nitrogens with zero attached hydrogens (tertiary/aromatic N) is 3. The van der Waals surface area contributed by atoms with Crippen molar-refractivity contribution in [3.8, 4) is 0 Å². The van der Waals surface area contributed by atoms with Gasteiger partial charge in [0, 0.05) is 6.54 Å². The van der Waals surface area contributed by atoms with E-state index in [-0.39, 0.29) is 0 Å². The molecule has 7 nitrogen and oxygen atoms in total. The van der Waals surface area contributed by atoms with Crippen LogP contribution in [0.4, 0.5) is 0 Å². The van der Waals surface area contributed by atoms with Crippen molar-refractivity contribution in [3.05, 3.63) is 12.2 Å². The predicted molar refractivity (Wildman–Crippen MR) is 81.3 cm³/mol. The SMILES string of the molecule is C=C(C)CCNC1(N)NC(N)(SC)N=C2N=CN=C21.